The first-order valence-electron chi connectivity index (χ1n) is 5.04. The lowest BCUT2D eigenvalue weighted by molar-refractivity contribution is -0.141. The molecule has 1 heterocycles. The lowest BCUT2D eigenvalue weighted by Gasteiger charge is -2.24. The van der Waals surface area contributed by atoms with Crippen molar-refractivity contribution in [2.75, 3.05) is 5.32 Å². The van der Waals surface area contributed by atoms with Crippen LogP contribution in [0.3, 0.4) is 0 Å². The van der Waals surface area contributed by atoms with Gasteiger partial charge in [-0.2, -0.15) is 0 Å². The second kappa shape index (κ2) is 4.77. The Hall–Kier alpha value is -2.18. The number of aromatic nitrogens is 2. The quantitative estimate of drug-likeness (QED) is 0.676. The largest absolute Gasteiger partial charge is 0.480 e. The number of amides is 1. The highest BCUT2D eigenvalue weighted by Crippen LogP contribution is 2.16. The SMILES string of the molecule is CCC(C)(Nc1ccc(C(N)=O)nn1)C(=O)O. The van der Waals surface area contributed by atoms with Gasteiger partial charge in [0.2, 0.25) is 0 Å². The van der Waals surface area contributed by atoms with E-state index < -0.39 is 17.4 Å². The Kier molecular flexibility index (Phi) is 3.62. The minimum absolute atomic E-state index is 0.0316. The molecule has 0 spiro atoms. The molecule has 0 radical (unpaired) electrons. The summed E-state index contributed by atoms with van der Waals surface area (Å²) in [7, 11) is 0. The third-order valence-electron chi connectivity index (χ3n) is 2.50. The number of hydrogen-bond acceptors (Lipinski definition) is 5. The first-order valence-corrected chi connectivity index (χ1v) is 5.04. The van der Waals surface area contributed by atoms with Crippen molar-refractivity contribution in [1.82, 2.24) is 10.2 Å². The number of primary amides is 1. The number of hydrogen-bond donors (Lipinski definition) is 3. The van der Waals surface area contributed by atoms with Crippen LogP contribution in [0.4, 0.5) is 5.82 Å². The van der Waals surface area contributed by atoms with Crippen molar-refractivity contribution < 1.29 is 14.7 Å². The predicted molar refractivity (Wildman–Crippen MR) is 60.5 cm³/mol. The summed E-state index contributed by atoms with van der Waals surface area (Å²) in [6.45, 7) is 3.28. The van der Waals surface area contributed by atoms with Gasteiger partial charge in [0.25, 0.3) is 5.91 Å². The molecular formula is C10H14N4O3. The number of carbonyl (C=O) groups excluding carboxylic acids is 1. The van der Waals surface area contributed by atoms with Crippen molar-refractivity contribution in [3.63, 3.8) is 0 Å². The van der Waals surface area contributed by atoms with Gasteiger partial charge in [0.1, 0.15) is 11.4 Å². The molecular weight excluding hydrogens is 224 g/mol. The number of nitrogens with zero attached hydrogens (tertiary/aromatic N) is 2. The maximum absolute atomic E-state index is 11.0. The van der Waals surface area contributed by atoms with E-state index in [2.05, 4.69) is 15.5 Å². The molecule has 1 aromatic rings. The zero-order chi connectivity index (χ0) is 13.1. The second-order valence-corrected chi connectivity index (χ2v) is 3.78. The first kappa shape index (κ1) is 12.9. The molecule has 7 nitrogen and oxygen atoms in total. The van der Waals surface area contributed by atoms with E-state index in [9.17, 15) is 9.59 Å². The molecule has 0 saturated carbocycles. The molecule has 1 aromatic heterocycles. The Balaban J connectivity index is 2.88. The van der Waals surface area contributed by atoms with Crippen molar-refractivity contribution in [2.24, 2.45) is 5.73 Å². The maximum Gasteiger partial charge on any atom is 0.329 e. The lowest BCUT2D eigenvalue weighted by atomic mass is 9.99. The Morgan fingerprint density at radius 3 is 2.47 bits per heavy atom. The molecule has 1 amide bonds. The van der Waals surface area contributed by atoms with Gasteiger partial charge < -0.3 is 16.2 Å². The number of anilines is 1. The average molecular weight is 238 g/mol. The van der Waals surface area contributed by atoms with Crippen molar-refractivity contribution >= 4 is 17.7 Å². The summed E-state index contributed by atoms with van der Waals surface area (Å²) in [5.41, 5.74) is 3.92. The summed E-state index contributed by atoms with van der Waals surface area (Å²) < 4.78 is 0. The van der Waals surface area contributed by atoms with Crippen LogP contribution < -0.4 is 11.1 Å². The highest BCUT2D eigenvalue weighted by molar-refractivity contribution is 5.90. The number of rotatable bonds is 5. The fourth-order valence-electron chi connectivity index (χ4n) is 1.11. The van der Waals surface area contributed by atoms with Crippen LogP contribution in [0.15, 0.2) is 12.1 Å². The van der Waals surface area contributed by atoms with E-state index in [4.69, 9.17) is 10.8 Å². The molecule has 0 fully saturated rings. The van der Waals surface area contributed by atoms with Gasteiger partial charge in [-0.05, 0) is 25.5 Å². The van der Waals surface area contributed by atoms with Crippen molar-refractivity contribution in [1.29, 1.82) is 0 Å². The van der Waals surface area contributed by atoms with Gasteiger partial charge in [0.05, 0.1) is 0 Å². The van der Waals surface area contributed by atoms with Crippen molar-refractivity contribution in [2.45, 2.75) is 25.8 Å². The second-order valence-electron chi connectivity index (χ2n) is 3.78. The molecule has 1 atom stereocenters. The monoisotopic (exact) mass is 238 g/mol. The minimum Gasteiger partial charge on any atom is -0.480 e. The van der Waals surface area contributed by atoms with Crippen LogP contribution in [-0.4, -0.2) is 32.7 Å². The summed E-state index contributed by atoms with van der Waals surface area (Å²) >= 11 is 0. The van der Waals surface area contributed by atoms with Crippen LogP contribution in [0.2, 0.25) is 0 Å². The number of carbonyl (C=O) groups is 2. The first-order chi connectivity index (χ1) is 7.89. The minimum atomic E-state index is -1.12. The molecule has 0 aliphatic carbocycles. The molecule has 0 aromatic carbocycles. The molecule has 1 unspecified atom stereocenters. The maximum atomic E-state index is 11.0. The summed E-state index contributed by atoms with van der Waals surface area (Å²) in [6.07, 6.45) is 0.377. The van der Waals surface area contributed by atoms with Gasteiger partial charge in [-0.3, -0.25) is 4.79 Å². The van der Waals surface area contributed by atoms with Crippen LogP contribution in [0.5, 0.6) is 0 Å². The topological polar surface area (TPSA) is 118 Å². The summed E-state index contributed by atoms with van der Waals surface area (Å²) in [6, 6.07) is 2.85. The van der Waals surface area contributed by atoms with E-state index in [1.807, 2.05) is 0 Å². The summed E-state index contributed by atoms with van der Waals surface area (Å²) in [5, 5.41) is 19.1. The number of nitrogens with one attached hydrogen (secondary N) is 1. The molecule has 7 heteroatoms. The Morgan fingerprint density at radius 2 is 2.12 bits per heavy atom. The zero-order valence-electron chi connectivity index (χ0n) is 9.60. The molecule has 0 saturated heterocycles. The van der Waals surface area contributed by atoms with Gasteiger partial charge in [0.15, 0.2) is 5.69 Å². The Labute approximate surface area is 98.0 Å². The zero-order valence-corrected chi connectivity index (χ0v) is 9.60. The van der Waals surface area contributed by atoms with Gasteiger partial charge in [0, 0.05) is 0 Å². The number of carboxylic acids is 1. The molecule has 1 rings (SSSR count). The van der Waals surface area contributed by atoms with Crippen LogP contribution in [-0.2, 0) is 4.79 Å². The highest BCUT2D eigenvalue weighted by atomic mass is 16.4. The normalized spacial score (nSPS) is 13.8. The van der Waals surface area contributed by atoms with E-state index in [-0.39, 0.29) is 11.5 Å². The van der Waals surface area contributed by atoms with E-state index in [1.165, 1.54) is 12.1 Å². The van der Waals surface area contributed by atoms with Gasteiger partial charge in [-0.25, -0.2) is 4.79 Å². The predicted octanol–water partition coefficient (Wildman–Crippen LogP) is 0.241. The number of carboxylic acid groups (broad SMARTS) is 1. The van der Waals surface area contributed by atoms with Gasteiger partial charge in [-0.1, -0.05) is 6.92 Å². The smallest absolute Gasteiger partial charge is 0.329 e. The van der Waals surface area contributed by atoms with Crippen LogP contribution in [0.1, 0.15) is 30.8 Å². The number of aliphatic carboxylic acids is 1. The highest BCUT2D eigenvalue weighted by Gasteiger charge is 2.31. The third-order valence-corrected chi connectivity index (χ3v) is 2.50. The fourth-order valence-corrected chi connectivity index (χ4v) is 1.11. The van der Waals surface area contributed by atoms with E-state index in [1.54, 1.807) is 13.8 Å². The molecule has 92 valence electrons. The Bertz CT molecular complexity index is 432. The summed E-state index contributed by atoms with van der Waals surface area (Å²) in [5.74, 6) is -1.39. The molecule has 0 aliphatic heterocycles. The van der Waals surface area contributed by atoms with Crippen molar-refractivity contribution in [3.8, 4) is 0 Å². The molecule has 4 N–H and O–H groups in total. The van der Waals surface area contributed by atoms with E-state index in [0.29, 0.717) is 6.42 Å². The van der Waals surface area contributed by atoms with Crippen molar-refractivity contribution in [3.05, 3.63) is 17.8 Å². The molecule has 0 bridgehead atoms. The van der Waals surface area contributed by atoms with Crippen LogP contribution in [0.25, 0.3) is 0 Å². The van der Waals surface area contributed by atoms with Crippen LogP contribution >= 0.6 is 0 Å². The van der Waals surface area contributed by atoms with Gasteiger partial charge >= 0.3 is 5.97 Å². The van der Waals surface area contributed by atoms with Gasteiger partial charge in [-0.15, -0.1) is 10.2 Å². The van der Waals surface area contributed by atoms with E-state index >= 15 is 0 Å². The molecule has 0 aliphatic rings. The van der Waals surface area contributed by atoms with Crippen LogP contribution in [0, 0.1) is 0 Å². The third kappa shape index (κ3) is 2.90. The van der Waals surface area contributed by atoms with E-state index in [0.717, 1.165) is 0 Å². The lowest BCUT2D eigenvalue weighted by Crippen LogP contribution is -2.43. The fraction of sp³-hybridized carbons (Fsp3) is 0.400. The Morgan fingerprint density at radius 1 is 1.47 bits per heavy atom. The number of nitrogens with two attached hydrogens (primary N) is 1. The molecule has 17 heavy (non-hydrogen) atoms. The average Bonchev–Trinajstić information content (AvgIpc) is 2.29. The summed E-state index contributed by atoms with van der Waals surface area (Å²) in [4.78, 5) is 21.8. The standard InChI is InChI=1S/C10H14N4O3/c1-3-10(2,9(16)17)12-7-5-4-6(8(11)15)13-14-7/h4-5H,3H2,1-2H3,(H2,11,15)(H,12,14)(H,16,17).